The second-order valence-electron chi connectivity index (χ2n) is 3.46. The molecule has 0 aliphatic carbocycles. The van der Waals surface area contributed by atoms with Crippen LogP contribution in [0.2, 0.25) is 0 Å². The van der Waals surface area contributed by atoms with Gasteiger partial charge >= 0.3 is 0 Å². The fourth-order valence-corrected chi connectivity index (χ4v) is 2.67. The van der Waals surface area contributed by atoms with Crippen LogP contribution in [0.4, 0.5) is 0 Å². The maximum Gasteiger partial charge on any atom is 0.147 e. The summed E-state index contributed by atoms with van der Waals surface area (Å²) < 4.78 is 7.38. The minimum absolute atomic E-state index is 0.0594. The first-order chi connectivity index (χ1) is 7.54. The summed E-state index contributed by atoms with van der Waals surface area (Å²) in [5.74, 6) is 0.834. The molecule has 0 saturated heterocycles. The first-order valence-electron chi connectivity index (χ1n) is 5.10. The summed E-state index contributed by atoms with van der Waals surface area (Å²) in [5, 5.41) is 0. The zero-order chi connectivity index (χ0) is 12.1. The molecule has 0 aromatic heterocycles. The lowest BCUT2D eigenvalue weighted by molar-refractivity contribution is 0.336. The summed E-state index contributed by atoms with van der Waals surface area (Å²) >= 11 is 6.97. The molecule has 4 heteroatoms. The van der Waals surface area contributed by atoms with Gasteiger partial charge in [-0.15, -0.1) is 0 Å². The SMILES string of the molecule is CCOc1c(Br)cc(/C=C/C(C)N)cc1Br. The fourth-order valence-electron chi connectivity index (χ4n) is 1.22. The van der Waals surface area contributed by atoms with Crippen molar-refractivity contribution in [2.75, 3.05) is 6.61 Å². The fraction of sp³-hybridized carbons (Fsp3) is 0.333. The van der Waals surface area contributed by atoms with Crippen molar-refractivity contribution >= 4 is 37.9 Å². The number of hydrogen-bond donors (Lipinski definition) is 1. The Morgan fingerprint density at radius 1 is 1.38 bits per heavy atom. The molecule has 1 aromatic rings. The van der Waals surface area contributed by atoms with E-state index in [0.717, 1.165) is 20.3 Å². The highest BCUT2D eigenvalue weighted by molar-refractivity contribution is 9.11. The highest BCUT2D eigenvalue weighted by Crippen LogP contribution is 2.35. The Bertz CT molecular complexity index is 366. The van der Waals surface area contributed by atoms with Gasteiger partial charge in [-0.3, -0.25) is 0 Å². The standard InChI is InChI=1S/C12H15Br2NO/c1-3-16-12-10(13)6-9(7-11(12)14)5-4-8(2)15/h4-8H,3,15H2,1-2H3/b5-4+. The van der Waals surface area contributed by atoms with E-state index in [1.54, 1.807) is 0 Å². The Kier molecular flexibility index (Phi) is 5.52. The maximum absolute atomic E-state index is 5.66. The summed E-state index contributed by atoms with van der Waals surface area (Å²) in [6.07, 6.45) is 3.95. The van der Waals surface area contributed by atoms with Gasteiger partial charge in [0.2, 0.25) is 0 Å². The molecule has 0 aliphatic heterocycles. The van der Waals surface area contributed by atoms with Crippen LogP contribution in [0.15, 0.2) is 27.2 Å². The van der Waals surface area contributed by atoms with Crippen molar-refractivity contribution in [2.24, 2.45) is 5.73 Å². The molecule has 1 rings (SSSR count). The van der Waals surface area contributed by atoms with Crippen LogP contribution in [0.25, 0.3) is 6.08 Å². The predicted molar refractivity (Wildman–Crippen MR) is 75.7 cm³/mol. The highest BCUT2D eigenvalue weighted by atomic mass is 79.9. The smallest absolute Gasteiger partial charge is 0.147 e. The van der Waals surface area contributed by atoms with Crippen molar-refractivity contribution < 1.29 is 4.74 Å². The lowest BCUT2D eigenvalue weighted by atomic mass is 10.2. The highest BCUT2D eigenvalue weighted by Gasteiger charge is 2.07. The molecule has 1 unspecified atom stereocenters. The van der Waals surface area contributed by atoms with Crippen molar-refractivity contribution in [3.05, 3.63) is 32.7 Å². The number of halogens is 2. The quantitative estimate of drug-likeness (QED) is 0.893. The molecule has 2 N–H and O–H groups in total. The Morgan fingerprint density at radius 3 is 2.38 bits per heavy atom. The van der Waals surface area contributed by atoms with Crippen molar-refractivity contribution in [1.29, 1.82) is 0 Å². The van der Waals surface area contributed by atoms with Gasteiger partial charge in [-0.2, -0.15) is 0 Å². The largest absolute Gasteiger partial charge is 0.492 e. The summed E-state index contributed by atoms with van der Waals surface area (Å²) in [6.45, 7) is 4.55. The summed E-state index contributed by atoms with van der Waals surface area (Å²) in [5.41, 5.74) is 6.74. The van der Waals surface area contributed by atoms with Crippen molar-refractivity contribution in [3.8, 4) is 5.75 Å². The van der Waals surface area contributed by atoms with E-state index in [2.05, 4.69) is 31.9 Å². The number of rotatable bonds is 4. The normalized spacial score (nSPS) is 13.1. The first kappa shape index (κ1) is 13.7. The van der Waals surface area contributed by atoms with Crippen LogP contribution >= 0.6 is 31.9 Å². The van der Waals surface area contributed by atoms with E-state index >= 15 is 0 Å². The summed E-state index contributed by atoms with van der Waals surface area (Å²) in [7, 11) is 0. The van der Waals surface area contributed by atoms with Gasteiger partial charge in [0, 0.05) is 6.04 Å². The number of ether oxygens (including phenoxy) is 1. The average molecular weight is 349 g/mol. The van der Waals surface area contributed by atoms with E-state index in [1.165, 1.54) is 0 Å². The molecule has 0 bridgehead atoms. The third-order valence-electron chi connectivity index (χ3n) is 1.90. The van der Waals surface area contributed by atoms with Crippen molar-refractivity contribution in [1.82, 2.24) is 0 Å². The average Bonchev–Trinajstić information content (AvgIpc) is 2.20. The molecule has 0 fully saturated rings. The number of nitrogens with two attached hydrogens (primary N) is 1. The molecule has 0 aliphatic rings. The summed E-state index contributed by atoms with van der Waals surface area (Å²) in [4.78, 5) is 0. The van der Waals surface area contributed by atoms with Gasteiger partial charge in [-0.1, -0.05) is 12.2 Å². The van der Waals surface area contributed by atoms with Crippen LogP contribution in [0.1, 0.15) is 19.4 Å². The van der Waals surface area contributed by atoms with Gasteiger partial charge < -0.3 is 10.5 Å². The van der Waals surface area contributed by atoms with Crippen LogP contribution in [-0.2, 0) is 0 Å². The topological polar surface area (TPSA) is 35.2 Å². The molecule has 1 atom stereocenters. The minimum Gasteiger partial charge on any atom is -0.492 e. The van der Waals surface area contributed by atoms with Crippen LogP contribution in [0.3, 0.4) is 0 Å². The minimum atomic E-state index is 0.0594. The van der Waals surface area contributed by atoms with Crippen LogP contribution in [0.5, 0.6) is 5.75 Å². The molecule has 2 nitrogen and oxygen atoms in total. The van der Waals surface area contributed by atoms with Gasteiger partial charge in [0.05, 0.1) is 15.6 Å². The molecule has 0 saturated carbocycles. The van der Waals surface area contributed by atoms with Gasteiger partial charge in [0.15, 0.2) is 0 Å². The lowest BCUT2D eigenvalue weighted by Crippen LogP contribution is -2.09. The van der Waals surface area contributed by atoms with Gasteiger partial charge in [0.25, 0.3) is 0 Å². The second-order valence-corrected chi connectivity index (χ2v) is 5.17. The molecule has 1 aromatic carbocycles. The van der Waals surface area contributed by atoms with Crippen LogP contribution in [0, 0.1) is 0 Å². The maximum atomic E-state index is 5.66. The molecule has 0 heterocycles. The van der Waals surface area contributed by atoms with Gasteiger partial charge in [-0.05, 0) is 63.4 Å². The number of benzene rings is 1. The van der Waals surface area contributed by atoms with E-state index < -0.39 is 0 Å². The van der Waals surface area contributed by atoms with E-state index in [9.17, 15) is 0 Å². The summed E-state index contributed by atoms with van der Waals surface area (Å²) in [6, 6.07) is 4.08. The monoisotopic (exact) mass is 347 g/mol. The van der Waals surface area contributed by atoms with E-state index in [1.807, 2.05) is 38.1 Å². The second kappa shape index (κ2) is 6.42. The molecule has 0 radical (unpaired) electrons. The zero-order valence-corrected chi connectivity index (χ0v) is 12.5. The Labute approximate surface area is 113 Å². The third-order valence-corrected chi connectivity index (χ3v) is 3.08. The Morgan fingerprint density at radius 2 is 1.94 bits per heavy atom. The number of hydrogen-bond acceptors (Lipinski definition) is 2. The van der Waals surface area contributed by atoms with Crippen LogP contribution < -0.4 is 10.5 Å². The van der Waals surface area contributed by atoms with E-state index in [4.69, 9.17) is 10.5 Å². The first-order valence-corrected chi connectivity index (χ1v) is 6.68. The van der Waals surface area contributed by atoms with Crippen LogP contribution in [-0.4, -0.2) is 12.6 Å². The van der Waals surface area contributed by atoms with E-state index in [0.29, 0.717) is 6.61 Å². The van der Waals surface area contributed by atoms with E-state index in [-0.39, 0.29) is 6.04 Å². The molecule has 88 valence electrons. The molecule has 0 spiro atoms. The molecular formula is C12H15Br2NO. The third kappa shape index (κ3) is 3.92. The van der Waals surface area contributed by atoms with Gasteiger partial charge in [0.1, 0.15) is 5.75 Å². The lowest BCUT2D eigenvalue weighted by Gasteiger charge is -2.09. The Hall–Kier alpha value is -0.320. The molecular weight excluding hydrogens is 334 g/mol. The molecule has 16 heavy (non-hydrogen) atoms. The predicted octanol–water partition coefficient (Wildman–Crippen LogP) is 3.97. The molecule has 0 amide bonds. The van der Waals surface area contributed by atoms with Gasteiger partial charge in [-0.25, -0.2) is 0 Å². The van der Waals surface area contributed by atoms with Crippen molar-refractivity contribution in [3.63, 3.8) is 0 Å². The zero-order valence-electron chi connectivity index (χ0n) is 9.34. The van der Waals surface area contributed by atoms with Crippen molar-refractivity contribution in [2.45, 2.75) is 19.9 Å². The Balaban J connectivity index is 3.00.